The molecule has 8 heteroatoms. The molecule has 0 aliphatic rings. The number of anilines is 1. The van der Waals surface area contributed by atoms with E-state index in [2.05, 4.69) is 50.3 Å². The molecule has 1 aromatic carbocycles. The first-order valence-electron chi connectivity index (χ1n) is 11.1. The van der Waals surface area contributed by atoms with Crippen LogP contribution in [0.1, 0.15) is 44.9 Å². The van der Waals surface area contributed by atoms with Crippen LogP contribution in [0.3, 0.4) is 0 Å². The quantitative estimate of drug-likeness (QED) is 0.291. The normalized spacial score (nSPS) is 10.4. The van der Waals surface area contributed by atoms with Crippen molar-refractivity contribution in [1.29, 1.82) is 0 Å². The number of pyridine rings is 2. The lowest BCUT2D eigenvalue weighted by atomic mass is 10.1. The summed E-state index contributed by atoms with van der Waals surface area (Å²) in [7, 11) is 0. The van der Waals surface area contributed by atoms with Crippen molar-refractivity contribution in [2.75, 3.05) is 5.32 Å². The zero-order valence-corrected chi connectivity index (χ0v) is 19.7. The van der Waals surface area contributed by atoms with Crippen LogP contribution in [0.5, 0.6) is 0 Å². The highest BCUT2D eigenvalue weighted by atomic mass is 19.1. The van der Waals surface area contributed by atoms with Crippen molar-refractivity contribution >= 4 is 22.9 Å². The van der Waals surface area contributed by atoms with Gasteiger partial charge in [0.2, 0.25) is 0 Å². The minimum atomic E-state index is -0.513. The van der Waals surface area contributed by atoms with Gasteiger partial charge in [-0.05, 0) is 58.2 Å². The second-order valence-corrected chi connectivity index (χ2v) is 6.74. The Morgan fingerprint density at radius 3 is 2.53 bits per heavy atom. The van der Waals surface area contributed by atoms with Gasteiger partial charge in [0, 0.05) is 24.5 Å². The highest BCUT2D eigenvalue weighted by molar-refractivity contribution is 5.81. The summed E-state index contributed by atoms with van der Waals surface area (Å²) in [4.78, 5) is 8.20. The van der Waals surface area contributed by atoms with E-state index in [4.69, 9.17) is 0 Å². The first kappa shape index (κ1) is 26.3. The molecule has 0 amide bonds. The Kier molecular flexibility index (Phi) is 10.5. The van der Waals surface area contributed by atoms with Gasteiger partial charge in [-0.25, -0.2) is 18.4 Å². The molecular formula is C26H29F2N5O. The predicted octanol–water partition coefficient (Wildman–Crippen LogP) is 7.21. The zero-order valence-electron chi connectivity index (χ0n) is 19.7. The molecule has 4 aromatic rings. The summed E-state index contributed by atoms with van der Waals surface area (Å²) >= 11 is 0. The van der Waals surface area contributed by atoms with E-state index >= 15 is 4.39 Å². The molecule has 0 unspecified atom stereocenters. The van der Waals surface area contributed by atoms with E-state index < -0.39 is 11.6 Å². The summed E-state index contributed by atoms with van der Waals surface area (Å²) in [6, 6.07) is 8.10. The van der Waals surface area contributed by atoms with E-state index in [9.17, 15) is 4.39 Å². The van der Waals surface area contributed by atoms with Crippen LogP contribution < -0.4 is 5.32 Å². The molecule has 0 fully saturated rings. The van der Waals surface area contributed by atoms with Crippen LogP contribution in [0, 0.1) is 11.6 Å². The van der Waals surface area contributed by atoms with E-state index in [0.29, 0.717) is 27.7 Å². The van der Waals surface area contributed by atoms with E-state index in [1.54, 1.807) is 36.5 Å². The molecule has 0 radical (unpaired) electrons. The second-order valence-electron chi connectivity index (χ2n) is 6.74. The lowest BCUT2D eigenvalue weighted by molar-refractivity contribution is 0.315. The standard InChI is InChI=1S/C22H19F2N5O.C2H6.C2H4/c1-2-3-4-5-18-17(23)10-14(12-26-18)13-27-22-21(24)16(8-9-25-22)15-6-7-19-20(11-15)29-30-28-19;2*1-2/h4-12H,2-3,13H2,1H3,(H,25,27);1-2H3;1-2H2/b5-4+;;. The van der Waals surface area contributed by atoms with Crippen LogP contribution in [-0.4, -0.2) is 20.3 Å². The van der Waals surface area contributed by atoms with Gasteiger partial charge in [-0.1, -0.05) is 39.3 Å². The molecule has 34 heavy (non-hydrogen) atoms. The molecular weight excluding hydrogens is 436 g/mol. The van der Waals surface area contributed by atoms with Crippen molar-refractivity contribution in [3.8, 4) is 11.1 Å². The van der Waals surface area contributed by atoms with Gasteiger partial charge >= 0.3 is 0 Å². The van der Waals surface area contributed by atoms with Gasteiger partial charge in [0.05, 0.1) is 5.69 Å². The van der Waals surface area contributed by atoms with Gasteiger partial charge < -0.3 is 5.32 Å². The number of aromatic nitrogens is 4. The topological polar surface area (TPSA) is 76.7 Å². The van der Waals surface area contributed by atoms with E-state index in [1.807, 2.05) is 19.9 Å². The third kappa shape index (κ3) is 6.54. The smallest absolute Gasteiger partial charge is 0.173 e. The maximum Gasteiger partial charge on any atom is 0.173 e. The largest absolute Gasteiger partial charge is 0.363 e. The zero-order chi connectivity index (χ0) is 24.9. The number of nitrogens with zero attached hydrogens (tertiary/aromatic N) is 4. The molecule has 1 N–H and O–H groups in total. The van der Waals surface area contributed by atoms with Crippen LogP contribution in [0.4, 0.5) is 14.6 Å². The molecule has 6 nitrogen and oxygen atoms in total. The van der Waals surface area contributed by atoms with Crippen LogP contribution >= 0.6 is 0 Å². The third-order valence-corrected chi connectivity index (χ3v) is 4.57. The first-order valence-corrected chi connectivity index (χ1v) is 11.1. The van der Waals surface area contributed by atoms with Crippen molar-refractivity contribution in [3.63, 3.8) is 0 Å². The monoisotopic (exact) mass is 465 g/mol. The summed E-state index contributed by atoms with van der Waals surface area (Å²) in [6.45, 7) is 12.2. The van der Waals surface area contributed by atoms with E-state index in [-0.39, 0.29) is 18.1 Å². The van der Waals surface area contributed by atoms with Crippen molar-refractivity contribution in [2.45, 2.75) is 40.2 Å². The van der Waals surface area contributed by atoms with Gasteiger partial charge in [0.25, 0.3) is 0 Å². The summed E-state index contributed by atoms with van der Waals surface area (Å²) in [5.74, 6) is -0.864. The van der Waals surface area contributed by atoms with Crippen molar-refractivity contribution in [2.24, 2.45) is 0 Å². The fourth-order valence-corrected chi connectivity index (χ4v) is 2.99. The Morgan fingerprint density at radius 1 is 1.03 bits per heavy atom. The highest BCUT2D eigenvalue weighted by Crippen LogP contribution is 2.28. The van der Waals surface area contributed by atoms with Crippen LogP contribution in [0.25, 0.3) is 28.2 Å². The van der Waals surface area contributed by atoms with E-state index in [0.717, 1.165) is 12.8 Å². The molecule has 3 aromatic heterocycles. The van der Waals surface area contributed by atoms with Crippen molar-refractivity contribution < 1.29 is 13.4 Å². The number of nitrogens with one attached hydrogen (secondary N) is 1. The lowest BCUT2D eigenvalue weighted by Gasteiger charge is -2.10. The number of allylic oxidation sites excluding steroid dienone is 1. The summed E-state index contributed by atoms with van der Waals surface area (Å²) in [5, 5.41) is 10.4. The number of fused-ring (bicyclic) bond motifs is 1. The van der Waals surface area contributed by atoms with Crippen LogP contribution in [0.15, 0.2) is 66.6 Å². The molecule has 0 saturated carbocycles. The fourth-order valence-electron chi connectivity index (χ4n) is 2.99. The first-order chi connectivity index (χ1) is 16.7. The molecule has 4 rings (SSSR count). The maximum atomic E-state index is 15.0. The maximum absolute atomic E-state index is 15.0. The summed E-state index contributed by atoms with van der Waals surface area (Å²) in [5.41, 5.74) is 2.98. The summed E-state index contributed by atoms with van der Waals surface area (Å²) < 4.78 is 33.9. The Morgan fingerprint density at radius 2 is 1.79 bits per heavy atom. The molecule has 0 aliphatic heterocycles. The number of benzene rings is 1. The van der Waals surface area contributed by atoms with Gasteiger partial charge in [-0.2, -0.15) is 0 Å². The average molecular weight is 466 g/mol. The van der Waals surface area contributed by atoms with E-state index in [1.165, 1.54) is 12.3 Å². The van der Waals surface area contributed by atoms with Crippen molar-refractivity contribution in [1.82, 2.24) is 20.3 Å². The number of hydrogen-bond donors (Lipinski definition) is 1. The molecule has 0 atom stereocenters. The van der Waals surface area contributed by atoms with Crippen molar-refractivity contribution in [3.05, 3.63) is 84.9 Å². The molecule has 0 bridgehead atoms. The SMILES string of the molecule is C=C.CC.CCC/C=C/c1ncc(CNc2nccc(-c3ccc4nonc4c3)c2F)cc1F. The molecule has 0 saturated heterocycles. The highest BCUT2D eigenvalue weighted by Gasteiger charge is 2.13. The summed E-state index contributed by atoms with van der Waals surface area (Å²) in [6.07, 6.45) is 8.48. The fraction of sp³-hybridized carbons (Fsp3) is 0.231. The Bertz CT molecular complexity index is 1220. The third-order valence-electron chi connectivity index (χ3n) is 4.57. The number of hydrogen-bond acceptors (Lipinski definition) is 6. The molecule has 0 spiro atoms. The van der Waals surface area contributed by atoms with Crippen LogP contribution in [-0.2, 0) is 6.54 Å². The van der Waals surface area contributed by atoms with Gasteiger partial charge in [0.1, 0.15) is 16.9 Å². The average Bonchev–Trinajstić information content (AvgIpc) is 3.35. The Balaban J connectivity index is 0.000000970. The van der Waals surface area contributed by atoms with Crippen LogP contribution in [0.2, 0.25) is 0 Å². The number of unbranched alkanes of at least 4 members (excludes halogenated alkanes) is 1. The van der Waals surface area contributed by atoms with Gasteiger partial charge in [-0.3, -0.25) is 4.98 Å². The number of halogens is 2. The minimum absolute atomic E-state index is 0.0678. The predicted molar refractivity (Wildman–Crippen MR) is 133 cm³/mol. The Hall–Kier alpha value is -3.94. The molecule has 178 valence electrons. The Labute approximate surface area is 198 Å². The van der Waals surface area contributed by atoms with Gasteiger partial charge in [0.15, 0.2) is 11.6 Å². The number of rotatable bonds is 7. The second kappa shape index (κ2) is 13.6. The van der Waals surface area contributed by atoms with Gasteiger partial charge in [-0.15, -0.1) is 13.2 Å². The lowest BCUT2D eigenvalue weighted by Crippen LogP contribution is -2.05. The minimum Gasteiger partial charge on any atom is -0.363 e. The molecule has 3 heterocycles. The molecule has 0 aliphatic carbocycles.